The number of fused-ring (bicyclic) bond motifs is 1. The number of hydrogen-bond donors (Lipinski definition) is 0. The first-order chi connectivity index (χ1) is 14.7. The van der Waals surface area contributed by atoms with Gasteiger partial charge in [-0.2, -0.15) is 0 Å². The molecule has 1 aromatic carbocycles. The molecule has 158 valence electrons. The highest BCUT2D eigenvalue weighted by Crippen LogP contribution is 2.23. The van der Waals surface area contributed by atoms with Crippen molar-refractivity contribution in [2.45, 2.75) is 19.3 Å². The Morgan fingerprint density at radius 1 is 0.867 bits per heavy atom. The minimum atomic E-state index is -0.262. The number of benzene rings is 1. The van der Waals surface area contributed by atoms with Crippen molar-refractivity contribution in [3.05, 3.63) is 54.2 Å². The molecule has 1 aromatic heterocycles. The lowest BCUT2D eigenvalue weighted by Gasteiger charge is -2.35. The third kappa shape index (κ3) is 4.79. The van der Waals surface area contributed by atoms with Crippen LogP contribution in [0.5, 0.6) is 5.75 Å². The van der Waals surface area contributed by atoms with Crippen LogP contribution in [-0.2, 0) is 4.79 Å². The molecule has 0 bridgehead atoms. The van der Waals surface area contributed by atoms with E-state index in [0.717, 1.165) is 57.8 Å². The average molecular weight is 409 g/mol. The summed E-state index contributed by atoms with van der Waals surface area (Å²) in [5.74, 6) is 1.03. The maximum absolute atomic E-state index is 12.7. The van der Waals surface area contributed by atoms with E-state index in [1.54, 1.807) is 18.2 Å². The summed E-state index contributed by atoms with van der Waals surface area (Å²) in [5.41, 5.74) is 0.467. The molecule has 0 radical (unpaired) electrons. The second-order valence-electron chi connectivity index (χ2n) is 7.71. The molecule has 2 amide bonds. The Morgan fingerprint density at radius 2 is 1.63 bits per heavy atom. The van der Waals surface area contributed by atoms with Gasteiger partial charge in [0.05, 0.1) is 5.56 Å². The number of aromatic nitrogens is 1. The SMILES string of the molecule is O=C1COc2ccccc2C(=O)N1CCCCCN1CCN(c2ccccn2)CC1. The van der Waals surface area contributed by atoms with Crippen molar-refractivity contribution in [1.29, 1.82) is 0 Å². The summed E-state index contributed by atoms with van der Waals surface area (Å²) in [6, 6.07) is 13.1. The van der Waals surface area contributed by atoms with Crippen LogP contribution in [0.4, 0.5) is 5.82 Å². The summed E-state index contributed by atoms with van der Waals surface area (Å²) in [4.78, 5) is 35.6. The van der Waals surface area contributed by atoms with Gasteiger partial charge in [0, 0.05) is 38.9 Å². The lowest BCUT2D eigenvalue weighted by molar-refractivity contribution is -0.130. The van der Waals surface area contributed by atoms with Gasteiger partial charge >= 0.3 is 0 Å². The van der Waals surface area contributed by atoms with Gasteiger partial charge < -0.3 is 9.64 Å². The smallest absolute Gasteiger partial charge is 0.267 e. The summed E-state index contributed by atoms with van der Waals surface area (Å²) in [6.45, 7) is 5.47. The summed E-state index contributed by atoms with van der Waals surface area (Å²) >= 11 is 0. The van der Waals surface area contributed by atoms with Gasteiger partial charge in [-0.1, -0.05) is 24.6 Å². The molecule has 0 spiro atoms. The molecule has 3 heterocycles. The molecule has 7 heteroatoms. The van der Waals surface area contributed by atoms with Gasteiger partial charge in [-0.15, -0.1) is 0 Å². The van der Waals surface area contributed by atoms with Crippen LogP contribution in [0.3, 0.4) is 0 Å². The highest BCUT2D eigenvalue weighted by Gasteiger charge is 2.28. The van der Waals surface area contributed by atoms with E-state index in [1.807, 2.05) is 24.4 Å². The zero-order valence-electron chi connectivity index (χ0n) is 17.2. The van der Waals surface area contributed by atoms with Crippen molar-refractivity contribution in [3.8, 4) is 5.75 Å². The standard InChI is InChI=1S/C23H28N4O3/c28-22-18-30-20-9-3-2-8-19(20)23(29)27(22)13-7-1-6-12-25-14-16-26(17-15-25)21-10-4-5-11-24-21/h2-5,8-11H,1,6-7,12-18H2. The molecule has 0 aliphatic carbocycles. The second-order valence-corrected chi connectivity index (χ2v) is 7.71. The van der Waals surface area contributed by atoms with Gasteiger partial charge in [0.25, 0.3) is 11.8 Å². The minimum absolute atomic E-state index is 0.0801. The third-order valence-electron chi connectivity index (χ3n) is 5.72. The molecule has 2 aliphatic rings. The van der Waals surface area contributed by atoms with Crippen LogP contribution < -0.4 is 9.64 Å². The molecule has 4 rings (SSSR count). The fourth-order valence-electron chi connectivity index (χ4n) is 3.99. The fraction of sp³-hybridized carbons (Fsp3) is 0.435. The Morgan fingerprint density at radius 3 is 2.43 bits per heavy atom. The van der Waals surface area contributed by atoms with Gasteiger partial charge in [-0.3, -0.25) is 19.4 Å². The molecule has 2 aliphatic heterocycles. The first-order valence-corrected chi connectivity index (χ1v) is 10.7. The Kier molecular flexibility index (Phi) is 6.59. The number of para-hydroxylation sites is 1. The van der Waals surface area contributed by atoms with E-state index in [0.29, 0.717) is 17.9 Å². The molecule has 0 unspecified atom stereocenters. The average Bonchev–Trinajstić information content (AvgIpc) is 2.91. The number of rotatable bonds is 7. The van der Waals surface area contributed by atoms with Gasteiger partial charge in [-0.25, -0.2) is 4.98 Å². The quantitative estimate of drug-likeness (QED) is 0.518. The number of piperazine rings is 1. The molecular formula is C23H28N4O3. The monoisotopic (exact) mass is 408 g/mol. The topological polar surface area (TPSA) is 66.0 Å². The molecule has 1 saturated heterocycles. The predicted molar refractivity (Wildman–Crippen MR) is 115 cm³/mol. The number of carbonyl (C=O) groups is 2. The van der Waals surface area contributed by atoms with Crippen molar-refractivity contribution < 1.29 is 14.3 Å². The number of amides is 2. The molecular weight excluding hydrogens is 380 g/mol. The fourth-order valence-corrected chi connectivity index (χ4v) is 3.99. The normalized spacial score (nSPS) is 17.5. The van der Waals surface area contributed by atoms with E-state index in [2.05, 4.69) is 20.9 Å². The number of carbonyl (C=O) groups excluding carboxylic acids is 2. The van der Waals surface area contributed by atoms with Crippen LogP contribution in [0.25, 0.3) is 0 Å². The molecule has 30 heavy (non-hydrogen) atoms. The highest BCUT2D eigenvalue weighted by atomic mass is 16.5. The van der Waals surface area contributed by atoms with Crippen LogP contribution in [-0.4, -0.2) is 72.5 Å². The van der Waals surface area contributed by atoms with E-state index in [1.165, 1.54) is 4.90 Å². The third-order valence-corrected chi connectivity index (χ3v) is 5.72. The number of ether oxygens (including phenoxy) is 1. The molecule has 0 N–H and O–H groups in total. The number of pyridine rings is 1. The van der Waals surface area contributed by atoms with Crippen molar-refractivity contribution in [2.75, 3.05) is 50.8 Å². The van der Waals surface area contributed by atoms with Crippen LogP contribution in [0.15, 0.2) is 48.7 Å². The van der Waals surface area contributed by atoms with E-state index >= 15 is 0 Å². The Balaban J connectivity index is 1.18. The maximum atomic E-state index is 12.7. The van der Waals surface area contributed by atoms with E-state index < -0.39 is 0 Å². The Hall–Kier alpha value is -2.93. The van der Waals surface area contributed by atoms with Crippen molar-refractivity contribution in [3.63, 3.8) is 0 Å². The van der Waals surface area contributed by atoms with Gasteiger partial charge in [0.2, 0.25) is 0 Å². The van der Waals surface area contributed by atoms with Crippen molar-refractivity contribution >= 4 is 17.6 Å². The highest BCUT2D eigenvalue weighted by molar-refractivity contribution is 6.07. The molecule has 0 saturated carbocycles. The molecule has 7 nitrogen and oxygen atoms in total. The lowest BCUT2D eigenvalue weighted by atomic mass is 10.1. The molecule has 2 aromatic rings. The summed E-state index contributed by atoms with van der Waals surface area (Å²) in [5, 5.41) is 0. The summed E-state index contributed by atoms with van der Waals surface area (Å²) in [7, 11) is 0. The van der Waals surface area contributed by atoms with Crippen LogP contribution in [0.2, 0.25) is 0 Å². The number of nitrogens with zero attached hydrogens (tertiary/aromatic N) is 4. The largest absolute Gasteiger partial charge is 0.483 e. The van der Waals surface area contributed by atoms with E-state index in [-0.39, 0.29) is 18.4 Å². The lowest BCUT2D eigenvalue weighted by Crippen LogP contribution is -2.46. The second kappa shape index (κ2) is 9.71. The maximum Gasteiger partial charge on any atom is 0.267 e. The zero-order chi connectivity index (χ0) is 20.8. The Labute approximate surface area is 177 Å². The number of hydrogen-bond acceptors (Lipinski definition) is 6. The molecule has 0 atom stereocenters. The van der Waals surface area contributed by atoms with Gasteiger partial charge in [-0.05, 0) is 43.7 Å². The predicted octanol–water partition coefficient (Wildman–Crippen LogP) is 2.44. The van der Waals surface area contributed by atoms with Crippen LogP contribution in [0, 0.1) is 0 Å². The first-order valence-electron chi connectivity index (χ1n) is 10.7. The first kappa shape index (κ1) is 20.3. The van der Waals surface area contributed by atoms with Crippen LogP contribution >= 0.6 is 0 Å². The minimum Gasteiger partial charge on any atom is -0.483 e. The van der Waals surface area contributed by atoms with Crippen molar-refractivity contribution in [2.24, 2.45) is 0 Å². The van der Waals surface area contributed by atoms with Crippen molar-refractivity contribution in [1.82, 2.24) is 14.8 Å². The van der Waals surface area contributed by atoms with Crippen LogP contribution in [0.1, 0.15) is 29.6 Å². The van der Waals surface area contributed by atoms with E-state index in [4.69, 9.17) is 4.74 Å². The number of anilines is 1. The number of imide groups is 1. The van der Waals surface area contributed by atoms with E-state index in [9.17, 15) is 9.59 Å². The van der Waals surface area contributed by atoms with Gasteiger partial charge in [0.15, 0.2) is 6.61 Å². The summed E-state index contributed by atoms with van der Waals surface area (Å²) in [6.07, 6.45) is 4.70. The number of unbranched alkanes of at least 4 members (excludes halogenated alkanes) is 2. The Bertz CT molecular complexity index is 866. The summed E-state index contributed by atoms with van der Waals surface area (Å²) < 4.78 is 5.48. The van der Waals surface area contributed by atoms with Gasteiger partial charge in [0.1, 0.15) is 11.6 Å². The molecule has 1 fully saturated rings. The zero-order valence-corrected chi connectivity index (χ0v) is 17.2.